The van der Waals surface area contributed by atoms with Crippen LogP contribution in [0.4, 0.5) is 17.1 Å². The molecule has 10 rings (SSSR count). The fourth-order valence-corrected chi connectivity index (χ4v) is 7.82. The maximum Gasteiger partial charge on any atom is 0.0547 e. The number of para-hydroxylation sites is 1. The first kappa shape index (κ1) is 28.4. The van der Waals surface area contributed by atoms with Gasteiger partial charge in [-0.2, -0.15) is 0 Å². The Labute approximate surface area is 290 Å². The van der Waals surface area contributed by atoms with Crippen LogP contribution in [0.25, 0.3) is 70.9 Å². The van der Waals surface area contributed by atoms with Crippen LogP contribution < -0.4 is 4.90 Å². The van der Waals surface area contributed by atoms with Crippen LogP contribution in [-0.4, -0.2) is 4.57 Å². The van der Waals surface area contributed by atoms with Crippen molar-refractivity contribution in [1.29, 1.82) is 0 Å². The van der Waals surface area contributed by atoms with E-state index in [1.54, 1.807) is 0 Å². The Balaban J connectivity index is 1.19. The molecule has 234 valence electrons. The van der Waals surface area contributed by atoms with Crippen molar-refractivity contribution in [3.63, 3.8) is 0 Å². The van der Waals surface area contributed by atoms with Crippen molar-refractivity contribution in [1.82, 2.24) is 4.57 Å². The van der Waals surface area contributed by atoms with Crippen molar-refractivity contribution in [2.24, 2.45) is 0 Å². The summed E-state index contributed by atoms with van der Waals surface area (Å²) in [5.41, 5.74) is 9.25. The average Bonchev–Trinajstić information content (AvgIpc) is 3.54. The third-order valence-corrected chi connectivity index (χ3v) is 10.1. The predicted molar refractivity (Wildman–Crippen MR) is 213 cm³/mol. The minimum Gasteiger partial charge on any atom is -0.310 e. The zero-order valence-electron chi connectivity index (χ0n) is 27.4. The second-order valence-electron chi connectivity index (χ2n) is 13.0. The molecule has 0 unspecified atom stereocenters. The van der Waals surface area contributed by atoms with Gasteiger partial charge in [-0.3, -0.25) is 0 Å². The average molecular weight is 637 g/mol. The predicted octanol–water partition coefficient (Wildman–Crippen LogP) is 13.4. The normalized spacial score (nSPS) is 11.6. The lowest BCUT2D eigenvalue weighted by Crippen LogP contribution is -2.10. The molecule has 50 heavy (non-hydrogen) atoms. The van der Waals surface area contributed by atoms with Gasteiger partial charge in [0.05, 0.1) is 11.0 Å². The molecule has 0 N–H and O–H groups in total. The molecule has 10 aromatic rings. The van der Waals surface area contributed by atoms with E-state index in [4.69, 9.17) is 0 Å². The van der Waals surface area contributed by atoms with Crippen molar-refractivity contribution < 1.29 is 0 Å². The van der Waals surface area contributed by atoms with E-state index in [0.29, 0.717) is 0 Å². The Bertz CT molecular complexity index is 2790. The molecule has 0 radical (unpaired) electrons. The van der Waals surface area contributed by atoms with E-state index in [-0.39, 0.29) is 0 Å². The van der Waals surface area contributed by atoms with Gasteiger partial charge in [0.25, 0.3) is 0 Å². The molecule has 0 spiro atoms. The SMILES string of the molecule is c1ccc(N(c2cccc(-c3ccc4ccccc4c3)c2)c2cccc(-n3c4ccc5ccccc5c4c4c5ccccc5ccc43)c2)cc1. The van der Waals surface area contributed by atoms with E-state index >= 15 is 0 Å². The maximum atomic E-state index is 2.45. The molecule has 9 aromatic carbocycles. The molecule has 0 fully saturated rings. The Morgan fingerprint density at radius 2 is 0.840 bits per heavy atom. The summed E-state index contributed by atoms with van der Waals surface area (Å²) in [5, 5.41) is 10.1. The first-order chi connectivity index (χ1) is 24.8. The van der Waals surface area contributed by atoms with Crippen LogP contribution in [0.5, 0.6) is 0 Å². The highest BCUT2D eigenvalue weighted by Crippen LogP contribution is 2.42. The molecule has 0 aliphatic carbocycles. The fraction of sp³-hybridized carbons (Fsp3) is 0. The van der Waals surface area contributed by atoms with Gasteiger partial charge in [0.15, 0.2) is 0 Å². The lowest BCUT2D eigenvalue weighted by molar-refractivity contribution is 1.17. The van der Waals surface area contributed by atoms with Crippen LogP contribution in [0.3, 0.4) is 0 Å². The van der Waals surface area contributed by atoms with Crippen molar-refractivity contribution in [3.8, 4) is 16.8 Å². The number of aromatic nitrogens is 1. The van der Waals surface area contributed by atoms with Gasteiger partial charge < -0.3 is 9.47 Å². The molecule has 0 bridgehead atoms. The van der Waals surface area contributed by atoms with Crippen molar-refractivity contribution in [2.75, 3.05) is 4.90 Å². The number of hydrogen-bond acceptors (Lipinski definition) is 1. The minimum absolute atomic E-state index is 1.10. The summed E-state index contributed by atoms with van der Waals surface area (Å²) in [6.07, 6.45) is 0. The number of hydrogen-bond donors (Lipinski definition) is 0. The quantitative estimate of drug-likeness (QED) is 0.182. The number of rotatable bonds is 5. The van der Waals surface area contributed by atoms with Crippen LogP contribution in [0, 0.1) is 0 Å². The van der Waals surface area contributed by atoms with Gasteiger partial charge >= 0.3 is 0 Å². The van der Waals surface area contributed by atoms with Crippen molar-refractivity contribution in [3.05, 3.63) is 194 Å². The third-order valence-electron chi connectivity index (χ3n) is 10.1. The Kier molecular flexibility index (Phi) is 6.53. The first-order valence-corrected chi connectivity index (χ1v) is 17.2. The second-order valence-corrected chi connectivity index (χ2v) is 13.0. The van der Waals surface area contributed by atoms with Crippen LogP contribution in [0.1, 0.15) is 0 Å². The molecule has 0 saturated carbocycles. The van der Waals surface area contributed by atoms with Gasteiger partial charge in [-0.25, -0.2) is 0 Å². The lowest BCUT2D eigenvalue weighted by Gasteiger charge is -2.26. The molecule has 1 heterocycles. The van der Waals surface area contributed by atoms with E-state index in [2.05, 4.69) is 204 Å². The largest absolute Gasteiger partial charge is 0.310 e. The van der Waals surface area contributed by atoms with Gasteiger partial charge in [0.2, 0.25) is 0 Å². The van der Waals surface area contributed by atoms with Gasteiger partial charge in [-0.15, -0.1) is 0 Å². The maximum absolute atomic E-state index is 2.45. The van der Waals surface area contributed by atoms with Gasteiger partial charge in [0.1, 0.15) is 0 Å². The number of anilines is 3. The Morgan fingerprint density at radius 1 is 0.320 bits per heavy atom. The number of benzene rings is 9. The molecule has 0 aliphatic rings. The van der Waals surface area contributed by atoms with Crippen LogP contribution in [-0.2, 0) is 0 Å². The van der Waals surface area contributed by atoms with Crippen LogP contribution in [0.2, 0.25) is 0 Å². The molecule has 0 atom stereocenters. The molecule has 2 heteroatoms. The Morgan fingerprint density at radius 3 is 1.54 bits per heavy atom. The summed E-state index contributed by atoms with van der Waals surface area (Å²) >= 11 is 0. The van der Waals surface area contributed by atoms with Crippen molar-refractivity contribution in [2.45, 2.75) is 0 Å². The molecular formula is C48H32N2. The number of fused-ring (bicyclic) bond motifs is 8. The monoisotopic (exact) mass is 636 g/mol. The summed E-state index contributed by atoms with van der Waals surface area (Å²) in [6.45, 7) is 0. The lowest BCUT2D eigenvalue weighted by atomic mass is 10.00. The molecular weight excluding hydrogens is 605 g/mol. The topological polar surface area (TPSA) is 8.17 Å². The third kappa shape index (κ3) is 4.57. The first-order valence-electron chi connectivity index (χ1n) is 17.2. The standard InChI is InChI=1S/C48H32N2/c1-2-17-39(18-3-1)49(40-19-10-16-37(31-40)38-25-24-33-12-4-5-15-36(33)30-38)41-20-11-21-42(32-41)50-45-28-26-34-13-6-8-22-43(34)47(45)48-44-23-9-7-14-35(44)27-29-46(48)50/h1-32H. The second kappa shape index (κ2) is 11.5. The zero-order chi connectivity index (χ0) is 33.0. The summed E-state index contributed by atoms with van der Waals surface area (Å²) in [7, 11) is 0. The van der Waals surface area contributed by atoms with E-state index < -0.39 is 0 Å². The summed E-state index contributed by atoms with van der Waals surface area (Å²) in [4.78, 5) is 2.37. The van der Waals surface area contributed by atoms with Crippen molar-refractivity contribution >= 4 is 71.2 Å². The van der Waals surface area contributed by atoms with Crippen LogP contribution >= 0.6 is 0 Å². The van der Waals surface area contributed by atoms with E-state index in [1.165, 1.54) is 65.3 Å². The Hall–Kier alpha value is -6.64. The van der Waals surface area contributed by atoms with Gasteiger partial charge in [0, 0.05) is 33.5 Å². The fourth-order valence-electron chi connectivity index (χ4n) is 7.82. The number of nitrogens with zero attached hydrogens (tertiary/aromatic N) is 2. The summed E-state index contributed by atoms with van der Waals surface area (Å²) in [6, 6.07) is 70.5. The van der Waals surface area contributed by atoms with Gasteiger partial charge in [-0.1, -0.05) is 133 Å². The highest BCUT2D eigenvalue weighted by Gasteiger charge is 2.19. The summed E-state index contributed by atoms with van der Waals surface area (Å²) < 4.78 is 2.45. The highest BCUT2D eigenvalue weighted by atomic mass is 15.1. The molecule has 0 aliphatic heterocycles. The molecule has 0 saturated heterocycles. The highest BCUT2D eigenvalue weighted by molar-refractivity contribution is 6.28. The smallest absolute Gasteiger partial charge is 0.0547 e. The summed E-state index contributed by atoms with van der Waals surface area (Å²) in [5.74, 6) is 0. The van der Waals surface area contributed by atoms with Crippen LogP contribution in [0.15, 0.2) is 194 Å². The zero-order valence-corrected chi connectivity index (χ0v) is 27.4. The molecule has 1 aromatic heterocycles. The molecule has 0 amide bonds. The van der Waals surface area contributed by atoms with E-state index in [0.717, 1.165) is 22.7 Å². The van der Waals surface area contributed by atoms with E-state index in [1.807, 2.05) is 0 Å². The molecule has 2 nitrogen and oxygen atoms in total. The van der Waals surface area contributed by atoms with E-state index in [9.17, 15) is 0 Å². The van der Waals surface area contributed by atoms with Gasteiger partial charge in [-0.05, 0) is 104 Å². The minimum atomic E-state index is 1.10.